The highest BCUT2D eigenvalue weighted by Crippen LogP contribution is 2.22. The Kier molecular flexibility index (Phi) is 4.96. The second kappa shape index (κ2) is 7.31. The molecule has 0 aliphatic heterocycles. The molecule has 1 heterocycles. The van der Waals surface area contributed by atoms with Crippen LogP contribution in [0.1, 0.15) is 10.4 Å². The van der Waals surface area contributed by atoms with Gasteiger partial charge in [0.25, 0.3) is 5.91 Å². The average molecular weight is 341 g/mol. The summed E-state index contributed by atoms with van der Waals surface area (Å²) in [5.41, 5.74) is 3.12. The maximum absolute atomic E-state index is 13.1. The zero-order chi connectivity index (χ0) is 16.9. The number of nitrogens with zero attached hydrogens (tertiary/aromatic N) is 2. The number of aromatic nitrogens is 2. The van der Waals surface area contributed by atoms with Gasteiger partial charge in [-0.15, -0.1) is 0 Å². The van der Waals surface area contributed by atoms with E-state index in [0.29, 0.717) is 17.9 Å². The number of nitrogens with one attached hydrogen (secondary N) is 1. The van der Waals surface area contributed by atoms with Gasteiger partial charge in [-0.2, -0.15) is 17.7 Å². The van der Waals surface area contributed by atoms with Crippen molar-refractivity contribution in [3.05, 3.63) is 72.2 Å². The first-order valence-corrected chi connectivity index (χ1v) is 8.12. The highest BCUT2D eigenvalue weighted by atomic mass is 32.1. The summed E-state index contributed by atoms with van der Waals surface area (Å²) in [5.74, 6) is 0.189. The van der Waals surface area contributed by atoms with Gasteiger partial charge in [-0.3, -0.25) is 4.79 Å². The Balaban J connectivity index is 1.87. The second-order valence-electron chi connectivity index (χ2n) is 5.16. The predicted molar refractivity (Wildman–Crippen MR) is 95.1 cm³/mol. The van der Waals surface area contributed by atoms with E-state index in [0.717, 1.165) is 16.9 Å². The van der Waals surface area contributed by atoms with Crippen molar-refractivity contribution in [1.29, 1.82) is 0 Å². The Morgan fingerprint density at radius 3 is 2.46 bits per heavy atom. The number of halogens is 1. The molecule has 0 aliphatic rings. The van der Waals surface area contributed by atoms with Crippen molar-refractivity contribution in [2.75, 3.05) is 12.3 Å². The minimum Gasteiger partial charge on any atom is -0.351 e. The zero-order valence-electron chi connectivity index (χ0n) is 12.8. The van der Waals surface area contributed by atoms with Crippen LogP contribution in [-0.4, -0.2) is 28.0 Å². The number of carbonyl (C=O) groups is 1. The molecule has 0 bridgehead atoms. The molecular weight excluding hydrogens is 325 g/mol. The summed E-state index contributed by atoms with van der Waals surface area (Å²) in [7, 11) is 0. The molecule has 1 amide bonds. The molecule has 0 radical (unpaired) electrons. The molecule has 0 aliphatic carbocycles. The van der Waals surface area contributed by atoms with E-state index in [1.165, 1.54) is 12.1 Å². The smallest absolute Gasteiger partial charge is 0.251 e. The van der Waals surface area contributed by atoms with Crippen molar-refractivity contribution in [3.63, 3.8) is 0 Å². The maximum atomic E-state index is 13.1. The van der Waals surface area contributed by atoms with Gasteiger partial charge in [-0.05, 0) is 54.6 Å². The zero-order valence-corrected chi connectivity index (χ0v) is 13.7. The molecule has 0 saturated carbocycles. The number of carbonyl (C=O) groups excluding carboxylic acids is 1. The summed E-state index contributed by atoms with van der Waals surface area (Å²) < 4.78 is 14.8. The van der Waals surface area contributed by atoms with Crippen LogP contribution >= 0.6 is 12.6 Å². The third kappa shape index (κ3) is 3.49. The van der Waals surface area contributed by atoms with E-state index < -0.39 is 0 Å². The minimum absolute atomic E-state index is 0.130. The molecule has 3 rings (SSSR count). The Bertz CT molecular complexity index is 828. The van der Waals surface area contributed by atoms with Crippen LogP contribution in [0.4, 0.5) is 4.39 Å². The van der Waals surface area contributed by atoms with E-state index in [-0.39, 0.29) is 11.7 Å². The fraction of sp³-hybridized carbons (Fsp3) is 0.111. The molecule has 0 unspecified atom stereocenters. The Hall–Kier alpha value is -2.60. The lowest BCUT2D eigenvalue weighted by Crippen LogP contribution is -2.25. The molecule has 0 fully saturated rings. The molecule has 1 N–H and O–H groups in total. The number of benzene rings is 2. The van der Waals surface area contributed by atoms with E-state index in [2.05, 4.69) is 23.0 Å². The summed E-state index contributed by atoms with van der Waals surface area (Å²) >= 11 is 4.07. The van der Waals surface area contributed by atoms with Crippen LogP contribution in [0.5, 0.6) is 0 Å². The molecule has 0 saturated heterocycles. The quantitative estimate of drug-likeness (QED) is 0.699. The third-order valence-corrected chi connectivity index (χ3v) is 3.78. The van der Waals surface area contributed by atoms with Crippen LogP contribution in [0.3, 0.4) is 0 Å². The van der Waals surface area contributed by atoms with Gasteiger partial charge < -0.3 is 5.32 Å². The Morgan fingerprint density at radius 2 is 1.79 bits per heavy atom. The standard InChI is InChI=1S/C18H16FN3OS/c19-15-5-1-13(2-6-15)17-9-10-21-22(17)16-7-3-14(4-8-16)18(23)20-11-12-24/h1-10,24H,11-12H2,(H,20,23). The third-order valence-electron chi connectivity index (χ3n) is 3.55. The number of hydrogen-bond acceptors (Lipinski definition) is 3. The topological polar surface area (TPSA) is 46.9 Å². The summed E-state index contributed by atoms with van der Waals surface area (Å²) in [6.07, 6.45) is 1.69. The average Bonchev–Trinajstić information content (AvgIpc) is 3.10. The lowest BCUT2D eigenvalue weighted by Gasteiger charge is -2.09. The van der Waals surface area contributed by atoms with Gasteiger partial charge in [-0.25, -0.2) is 9.07 Å². The maximum Gasteiger partial charge on any atom is 0.251 e. The Morgan fingerprint density at radius 1 is 1.08 bits per heavy atom. The fourth-order valence-electron chi connectivity index (χ4n) is 2.37. The van der Waals surface area contributed by atoms with Crippen molar-refractivity contribution < 1.29 is 9.18 Å². The molecule has 2 aromatic carbocycles. The van der Waals surface area contributed by atoms with E-state index in [1.807, 2.05) is 18.2 Å². The normalized spacial score (nSPS) is 10.6. The summed E-state index contributed by atoms with van der Waals surface area (Å²) in [6.45, 7) is 0.525. The summed E-state index contributed by atoms with van der Waals surface area (Å²) in [4.78, 5) is 11.9. The molecule has 4 nitrogen and oxygen atoms in total. The van der Waals surface area contributed by atoms with Gasteiger partial charge in [0.15, 0.2) is 0 Å². The fourth-order valence-corrected chi connectivity index (χ4v) is 2.49. The van der Waals surface area contributed by atoms with Crippen LogP contribution < -0.4 is 5.32 Å². The van der Waals surface area contributed by atoms with Gasteiger partial charge in [-0.1, -0.05) is 0 Å². The highest BCUT2D eigenvalue weighted by Gasteiger charge is 2.09. The van der Waals surface area contributed by atoms with E-state index in [9.17, 15) is 9.18 Å². The van der Waals surface area contributed by atoms with Gasteiger partial charge in [0, 0.05) is 23.4 Å². The number of amides is 1. The molecule has 6 heteroatoms. The first kappa shape index (κ1) is 16.3. The molecule has 0 atom stereocenters. The number of hydrogen-bond donors (Lipinski definition) is 2. The van der Waals surface area contributed by atoms with Crippen molar-refractivity contribution in [1.82, 2.24) is 15.1 Å². The van der Waals surface area contributed by atoms with E-state index in [1.54, 1.807) is 35.1 Å². The summed E-state index contributed by atoms with van der Waals surface area (Å²) in [6, 6.07) is 15.3. The van der Waals surface area contributed by atoms with Crippen LogP contribution in [-0.2, 0) is 0 Å². The SMILES string of the molecule is O=C(NCCS)c1ccc(-n2nccc2-c2ccc(F)cc2)cc1. The van der Waals surface area contributed by atoms with Gasteiger partial charge in [0.2, 0.25) is 0 Å². The molecule has 3 aromatic rings. The largest absolute Gasteiger partial charge is 0.351 e. The van der Waals surface area contributed by atoms with E-state index >= 15 is 0 Å². The first-order valence-electron chi connectivity index (χ1n) is 7.48. The first-order chi connectivity index (χ1) is 11.7. The highest BCUT2D eigenvalue weighted by molar-refractivity contribution is 7.80. The second-order valence-corrected chi connectivity index (χ2v) is 5.61. The van der Waals surface area contributed by atoms with Gasteiger partial charge >= 0.3 is 0 Å². The van der Waals surface area contributed by atoms with Gasteiger partial charge in [0.1, 0.15) is 5.82 Å². The van der Waals surface area contributed by atoms with Crippen molar-refractivity contribution in [3.8, 4) is 16.9 Å². The van der Waals surface area contributed by atoms with Crippen molar-refractivity contribution in [2.45, 2.75) is 0 Å². The van der Waals surface area contributed by atoms with Crippen LogP contribution in [0.25, 0.3) is 16.9 Å². The molecule has 122 valence electrons. The van der Waals surface area contributed by atoms with Crippen LogP contribution in [0, 0.1) is 5.82 Å². The molecular formula is C18H16FN3OS. The van der Waals surface area contributed by atoms with Crippen molar-refractivity contribution >= 4 is 18.5 Å². The lowest BCUT2D eigenvalue weighted by atomic mass is 10.1. The number of thiol groups is 1. The van der Waals surface area contributed by atoms with E-state index in [4.69, 9.17) is 0 Å². The summed E-state index contributed by atoms with van der Waals surface area (Å²) in [5, 5.41) is 7.09. The molecule has 0 spiro atoms. The molecule has 1 aromatic heterocycles. The van der Waals surface area contributed by atoms with Crippen LogP contribution in [0.15, 0.2) is 60.8 Å². The van der Waals surface area contributed by atoms with Crippen molar-refractivity contribution in [2.24, 2.45) is 0 Å². The lowest BCUT2D eigenvalue weighted by molar-refractivity contribution is 0.0956. The van der Waals surface area contributed by atoms with Gasteiger partial charge in [0.05, 0.1) is 17.6 Å². The Labute approximate surface area is 144 Å². The predicted octanol–water partition coefficient (Wildman–Crippen LogP) is 3.34. The molecule has 24 heavy (non-hydrogen) atoms. The monoisotopic (exact) mass is 341 g/mol. The minimum atomic E-state index is -0.276. The number of rotatable bonds is 5. The van der Waals surface area contributed by atoms with Crippen LogP contribution in [0.2, 0.25) is 0 Å².